The molecular weight excluding hydrogens is 172 g/mol. The second kappa shape index (κ2) is 3.55. The summed E-state index contributed by atoms with van der Waals surface area (Å²) in [5.41, 5.74) is 0.317. The van der Waals surface area contributed by atoms with Crippen molar-refractivity contribution in [3.05, 3.63) is 0 Å². The van der Waals surface area contributed by atoms with Gasteiger partial charge in [0.05, 0.1) is 11.5 Å². The van der Waals surface area contributed by atoms with E-state index in [1.807, 2.05) is 0 Å². The molecule has 2 heteroatoms. The molecule has 0 aromatic heterocycles. The first kappa shape index (κ1) is 10.3. The molecule has 0 amide bonds. The number of hydrogen-bond acceptors (Lipinski definition) is 1. The van der Waals surface area contributed by atoms with E-state index >= 15 is 0 Å². The van der Waals surface area contributed by atoms with Crippen LogP contribution in [-0.4, -0.2) is 16.6 Å². The summed E-state index contributed by atoms with van der Waals surface area (Å²) in [5, 5.41) is 9.57. The van der Waals surface area contributed by atoms with Crippen LogP contribution in [-0.2, 0) is 0 Å². The molecule has 1 fully saturated rings. The fourth-order valence-corrected chi connectivity index (χ4v) is 2.13. The largest absolute Gasteiger partial charge is 0.392 e. The van der Waals surface area contributed by atoms with Crippen molar-refractivity contribution in [3.63, 3.8) is 0 Å². The van der Waals surface area contributed by atoms with Crippen LogP contribution >= 0.6 is 11.6 Å². The maximum Gasteiger partial charge on any atom is 0.0706 e. The Hall–Kier alpha value is 0.250. The summed E-state index contributed by atoms with van der Waals surface area (Å²) >= 11 is 5.93. The number of alkyl halides is 1. The zero-order valence-electron chi connectivity index (χ0n) is 8.18. The van der Waals surface area contributed by atoms with Crippen LogP contribution in [0.3, 0.4) is 0 Å². The van der Waals surface area contributed by atoms with Crippen molar-refractivity contribution in [2.45, 2.75) is 51.5 Å². The van der Waals surface area contributed by atoms with Crippen LogP contribution in [0.1, 0.15) is 40.0 Å². The monoisotopic (exact) mass is 190 g/mol. The minimum absolute atomic E-state index is 0.0106. The highest BCUT2D eigenvalue weighted by Crippen LogP contribution is 2.39. The van der Waals surface area contributed by atoms with Crippen molar-refractivity contribution in [2.24, 2.45) is 11.3 Å². The molecule has 72 valence electrons. The Labute approximate surface area is 80.1 Å². The van der Waals surface area contributed by atoms with Crippen LogP contribution in [0.2, 0.25) is 0 Å². The van der Waals surface area contributed by atoms with E-state index in [4.69, 9.17) is 11.6 Å². The third kappa shape index (κ3) is 2.37. The Bertz CT molecular complexity index is 150. The average Bonchev–Trinajstić information content (AvgIpc) is 1.92. The Kier molecular flexibility index (Phi) is 3.06. The Morgan fingerprint density at radius 2 is 1.83 bits per heavy atom. The van der Waals surface area contributed by atoms with Gasteiger partial charge in [-0.25, -0.2) is 0 Å². The van der Waals surface area contributed by atoms with Gasteiger partial charge in [-0.2, -0.15) is 0 Å². The molecule has 3 atom stereocenters. The van der Waals surface area contributed by atoms with Crippen LogP contribution in [0.15, 0.2) is 0 Å². The highest BCUT2D eigenvalue weighted by atomic mass is 35.5. The summed E-state index contributed by atoms with van der Waals surface area (Å²) in [5.74, 6) is 0.627. The van der Waals surface area contributed by atoms with Gasteiger partial charge in [0, 0.05) is 0 Å². The van der Waals surface area contributed by atoms with Crippen LogP contribution in [0.4, 0.5) is 0 Å². The third-order valence-corrected chi connectivity index (χ3v) is 3.47. The van der Waals surface area contributed by atoms with Crippen molar-refractivity contribution in [3.8, 4) is 0 Å². The number of halogens is 1. The van der Waals surface area contributed by atoms with Gasteiger partial charge >= 0.3 is 0 Å². The molecule has 3 unspecified atom stereocenters. The number of hydrogen-bond donors (Lipinski definition) is 1. The van der Waals surface area contributed by atoms with E-state index < -0.39 is 0 Å². The van der Waals surface area contributed by atoms with E-state index in [-0.39, 0.29) is 11.5 Å². The van der Waals surface area contributed by atoms with Crippen LogP contribution in [0.25, 0.3) is 0 Å². The van der Waals surface area contributed by atoms with E-state index in [2.05, 4.69) is 20.8 Å². The second-order valence-electron chi connectivity index (χ2n) is 4.96. The molecule has 1 N–H and O–H groups in total. The quantitative estimate of drug-likeness (QED) is 0.583. The van der Waals surface area contributed by atoms with Gasteiger partial charge in [0.1, 0.15) is 0 Å². The van der Waals surface area contributed by atoms with E-state index in [0.29, 0.717) is 11.3 Å². The topological polar surface area (TPSA) is 20.2 Å². The van der Waals surface area contributed by atoms with Gasteiger partial charge in [0.15, 0.2) is 0 Å². The van der Waals surface area contributed by atoms with Crippen molar-refractivity contribution in [1.82, 2.24) is 0 Å². The molecular formula is C10H19ClO. The van der Waals surface area contributed by atoms with E-state index in [9.17, 15) is 5.11 Å². The van der Waals surface area contributed by atoms with E-state index in [1.165, 1.54) is 0 Å². The minimum atomic E-state index is -0.287. The fourth-order valence-electron chi connectivity index (χ4n) is 1.90. The molecule has 0 aromatic carbocycles. The molecule has 0 spiro atoms. The molecule has 12 heavy (non-hydrogen) atoms. The first-order chi connectivity index (χ1) is 5.41. The van der Waals surface area contributed by atoms with Gasteiger partial charge < -0.3 is 5.11 Å². The minimum Gasteiger partial charge on any atom is -0.392 e. The predicted molar refractivity (Wildman–Crippen MR) is 52.4 cm³/mol. The molecule has 1 nitrogen and oxygen atoms in total. The SMILES string of the molecule is CC(C)(C)C1CCC(Cl)C(O)C1. The van der Waals surface area contributed by atoms with Gasteiger partial charge in [-0.1, -0.05) is 20.8 Å². The lowest BCUT2D eigenvalue weighted by atomic mass is 9.71. The number of rotatable bonds is 0. The zero-order chi connectivity index (χ0) is 9.35. The maximum absolute atomic E-state index is 9.58. The van der Waals surface area contributed by atoms with Crippen LogP contribution < -0.4 is 0 Å². The van der Waals surface area contributed by atoms with Crippen molar-refractivity contribution in [2.75, 3.05) is 0 Å². The van der Waals surface area contributed by atoms with Crippen LogP contribution in [0, 0.1) is 11.3 Å². The van der Waals surface area contributed by atoms with Gasteiger partial charge in [0.25, 0.3) is 0 Å². The lowest BCUT2D eigenvalue weighted by molar-refractivity contribution is 0.0619. The summed E-state index contributed by atoms with van der Waals surface area (Å²) < 4.78 is 0. The lowest BCUT2D eigenvalue weighted by Crippen LogP contribution is -2.35. The normalized spacial score (nSPS) is 38.2. The molecule has 0 bridgehead atoms. The van der Waals surface area contributed by atoms with Gasteiger partial charge in [-0.05, 0) is 30.6 Å². The van der Waals surface area contributed by atoms with Gasteiger partial charge in [-0.15, -0.1) is 11.6 Å². The molecule has 1 aliphatic carbocycles. The Balaban J connectivity index is 2.51. The molecule has 1 aliphatic rings. The number of aliphatic hydroxyl groups is 1. The van der Waals surface area contributed by atoms with Crippen molar-refractivity contribution >= 4 is 11.6 Å². The standard InChI is InChI=1S/C10H19ClO/c1-10(2,3)7-4-5-8(11)9(12)6-7/h7-9,12H,4-6H2,1-3H3. The lowest BCUT2D eigenvalue weighted by Gasteiger charge is -2.37. The molecule has 1 rings (SSSR count). The molecule has 0 aromatic rings. The molecule has 0 radical (unpaired) electrons. The third-order valence-electron chi connectivity index (χ3n) is 2.96. The maximum atomic E-state index is 9.58. The van der Waals surface area contributed by atoms with E-state index in [1.54, 1.807) is 0 Å². The summed E-state index contributed by atoms with van der Waals surface area (Å²) in [7, 11) is 0. The highest BCUT2D eigenvalue weighted by Gasteiger charge is 2.33. The molecule has 0 heterocycles. The Morgan fingerprint density at radius 1 is 1.25 bits per heavy atom. The highest BCUT2D eigenvalue weighted by molar-refractivity contribution is 6.21. The van der Waals surface area contributed by atoms with Gasteiger partial charge in [0.2, 0.25) is 0 Å². The fraction of sp³-hybridized carbons (Fsp3) is 1.00. The van der Waals surface area contributed by atoms with Gasteiger partial charge in [-0.3, -0.25) is 0 Å². The van der Waals surface area contributed by atoms with Crippen LogP contribution in [0.5, 0.6) is 0 Å². The summed E-state index contributed by atoms with van der Waals surface area (Å²) in [4.78, 5) is 0. The van der Waals surface area contributed by atoms with Crippen molar-refractivity contribution < 1.29 is 5.11 Å². The smallest absolute Gasteiger partial charge is 0.0706 e. The average molecular weight is 191 g/mol. The predicted octanol–water partition coefficient (Wildman–Crippen LogP) is 2.80. The first-order valence-electron chi connectivity index (χ1n) is 4.73. The molecule has 0 aliphatic heterocycles. The summed E-state index contributed by atoms with van der Waals surface area (Å²) in [6, 6.07) is 0. The Morgan fingerprint density at radius 3 is 2.25 bits per heavy atom. The molecule has 1 saturated carbocycles. The second-order valence-corrected chi connectivity index (χ2v) is 5.52. The number of aliphatic hydroxyl groups excluding tert-OH is 1. The summed E-state index contributed by atoms with van der Waals surface area (Å²) in [6.07, 6.45) is 2.71. The summed E-state index contributed by atoms with van der Waals surface area (Å²) in [6.45, 7) is 6.71. The van der Waals surface area contributed by atoms with E-state index in [0.717, 1.165) is 19.3 Å². The molecule has 0 saturated heterocycles. The first-order valence-corrected chi connectivity index (χ1v) is 5.17. The van der Waals surface area contributed by atoms with Crippen molar-refractivity contribution in [1.29, 1.82) is 0 Å². The zero-order valence-corrected chi connectivity index (χ0v) is 8.93.